The van der Waals surface area contributed by atoms with Crippen molar-refractivity contribution in [2.45, 2.75) is 11.2 Å². The van der Waals surface area contributed by atoms with Gasteiger partial charge in [-0.2, -0.15) is 17.5 Å². The number of alkyl halides is 3. The van der Waals surface area contributed by atoms with Crippen molar-refractivity contribution in [2.24, 2.45) is 7.05 Å². The largest absolute Gasteiger partial charge is 0.402 e. The van der Waals surface area contributed by atoms with Crippen molar-refractivity contribution in [3.05, 3.63) is 11.5 Å². The molecular weight excluding hydrogens is 311 g/mol. The second-order valence-corrected chi connectivity index (χ2v) is 5.84. The van der Waals surface area contributed by atoms with Crippen LogP contribution in [0.2, 0.25) is 5.15 Å². The lowest BCUT2D eigenvalue weighted by Gasteiger charge is -2.21. The molecule has 1 aromatic rings. The third kappa shape index (κ3) is 3.81. The van der Waals surface area contributed by atoms with E-state index in [0.717, 1.165) is 10.9 Å². The van der Waals surface area contributed by atoms with E-state index in [4.69, 9.17) is 16.7 Å². The summed E-state index contributed by atoms with van der Waals surface area (Å²) in [6.45, 7) is -3.17. The molecule has 0 bridgehead atoms. The number of imidazole rings is 1. The van der Waals surface area contributed by atoms with Crippen LogP contribution < -0.4 is 0 Å². The Hall–Kier alpha value is -0.840. The van der Waals surface area contributed by atoms with Crippen LogP contribution in [0.3, 0.4) is 0 Å². The van der Waals surface area contributed by atoms with Gasteiger partial charge in [-0.1, -0.05) is 11.6 Å². The second kappa shape index (κ2) is 5.65. The van der Waals surface area contributed by atoms with E-state index >= 15 is 0 Å². The summed E-state index contributed by atoms with van der Waals surface area (Å²) >= 11 is 5.66. The zero-order chi connectivity index (χ0) is 14.8. The molecule has 1 heterocycles. The minimum Gasteiger partial charge on any atom is -0.395 e. The smallest absolute Gasteiger partial charge is 0.395 e. The zero-order valence-electron chi connectivity index (χ0n) is 9.72. The molecule has 0 unspecified atom stereocenters. The van der Waals surface area contributed by atoms with Crippen molar-refractivity contribution in [1.29, 1.82) is 0 Å². The quantitative estimate of drug-likeness (QED) is 0.862. The normalized spacial score (nSPS) is 13.2. The van der Waals surface area contributed by atoms with Crippen molar-refractivity contribution in [1.82, 2.24) is 13.9 Å². The third-order valence-corrected chi connectivity index (χ3v) is 4.46. The minimum atomic E-state index is -4.73. The Morgan fingerprint density at radius 3 is 2.47 bits per heavy atom. The number of aryl methyl sites for hydroxylation is 1. The number of hydrogen-bond donors (Lipinski definition) is 1. The third-order valence-electron chi connectivity index (χ3n) is 2.12. The van der Waals surface area contributed by atoms with Crippen molar-refractivity contribution < 1.29 is 26.7 Å². The van der Waals surface area contributed by atoms with Crippen LogP contribution in [0, 0.1) is 0 Å². The molecule has 110 valence electrons. The van der Waals surface area contributed by atoms with Crippen molar-refractivity contribution in [2.75, 3.05) is 19.7 Å². The molecule has 1 rings (SSSR count). The summed E-state index contributed by atoms with van der Waals surface area (Å²) in [7, 11) is -3.12. The van der Waals surface area contributed by atoms with E-state index < -0.39 is 40.9 Å². The molecule has 0 aromatic carbocycles. The van der Waals surface area contributed by atoms with Gasteiger partial charge in [0.25, 0.3) is 10.0 Å². The fourth-order valence-corrected chi connectivity index (χ4v) is 3.09. The molecule has 0 saturated heterocycles. The Bertz CT molecular complexity index is 543. The average Bonchev–Trinajstić information content (AvgIpc) is 2.57. The molecular formula is C8H11ClF3N3O3S. The van der Waals surface area contributed by atoms with Gasteiger partial charge in [-0.3, -0.25) is 0 Å². The van der Waals surface area contributed by atoms with Crippen LogP contribution in [0.15, 0.2) is 11.4 Å². The number of aliphatic hydroxyl groups is 1. The average molecular weight is 322 g/mol. The number of halogens is 4. The van der Waals surface area contributed by atoms with Crippen molar-refractivity contribution in [3.8, 4) is 0 Å². The summed E-state index contributed by atoms with van der Waals surface area (Å²) in [4.78, 5) is 3.47. The number of nitrogens with zero attached hydrogens (tertiary/aromatic N) is 3. The molecule has 0 aliphatic heterocycles. The molecule has 0 spiro atoms. The van der Waals surface area contributed by atoms with Gasteiger partial charge in [0.15, 0.2) is 0 Å². The minimum absolute atomic E-state index is 0.0845. The van der Waals surface area contributed by atoms with Crippen molar-refractivity contribution in [3.63, 3.8) is 0 Å². The summed E-state index contributed by atoms with van der Waals surface area (Å²) < 4.78 is 62.2. The Kier molecular flexibility index (Phi) is 4.82. The number of rotatable bonds is 5. The first-order valence-electron chi connectivity index (χ1n) is 4.94. The maximum absolute atomic E-state index is 12.3. The topological polar surface area (TPSA) is 75.4 Å². The van der Waals surface area contributed by atoms with Crippen LogP contribution in [-0.2, 0) is 17.1 Å². The second-order valence-electron chi connectivity index (χ2n) is 3.63. The monoisotopic (exact) mass is 321 g/mol. The van der Waals surface area contributed by atoms with Gasteiger partial charge in [0.1, 0.15) is 11.7 Å². The summed E-state index contributed by atoms with van der Waals surface area (Å²) in [5.74, 6) is 0. The summed E-state index contributed by atoms with van der Waals surface area (Å²) in [6.07, 6.45) is -3.66. The van der Waals surface area contributed by atoms with Gasteiger partial charge in [-0.15, -0.1) is 0 Å². The lowest BCUT2D eigenvalue weighted by atomic mass is 10.6. The first kappa shape index (κ1) is 16.2. The lowest BCUT2D eigenvalue weighted by Crippen LogP contribution is -2.40. The predicted octanol–water partition coefficient (Wildman–Crippen LogP) is 0.619. The van der Waals surface area contributed by atoms with Crippen LogP contribution in [-0.4, -0.2) is 53.3 Å². The molecule has 1 aromatic heterocycles. The molecule has 0 aliphatic carbocycles. The standard InChI is InChI=1S/C8H11ClF3N3O3S/c1-14-5-13-7(6(14)9)19(17,18)15(2-3-16)4-8(10,11)12/h5,16H,2-4H2,1H3. The highest BCUT2D eigenvalue weighted by atomic mass is 35.5. The molecule has 1 N–H and O–H groups in total. The van der Waals surface area contributed by atoms with Gasteiger partial charge in [-0.05, 0) is 0 Å². The van der Waals surface area contributed by atoms with Crippen LogP contribution in [0.4, 0.5) is 13.2 Å². The number of aromatic nitrogens is 2. The Balaban J connectivity index is 3.17. The fourth-order valence-electron chi connectivity index (χ4n) is 1.28. The zero-order valence-corrected chi connectivity index (χ0v) is 11.3. The summed E-state index contributed by atoms with van der Waals surface area (Å²) in [6, 6.07) is 0. The van der Waals surface area contributed by atoms with E-state index in [1.165, 1.54) is 7.05 Å². The van der Waals surface area contributed by atoms with Crippen LogP contribution in [0.25, 0.3) is 0 Å². The fraction of sp³-hybridized carbons (Fsp3) is 0.625. The van der Waals surface area contributed by atoms with Gasteiger partial charge < -0.3 is 9.67 Å². The SMILES string of the molecule is Cn1cnc(S(=O)(=O)N(CCO)CC(F)(F)F)c1Cl. The highest BCUT2D eigenvalue weighted by Crippen LogP contribution is 2.25. The van der Waals surface area contributed by atoms with Crippen molar-refractivity contribution >= 4 is 21.6 Å². The highest BCUT2D eigenvalue weighted by molar-refractivity contribution is 7.89. The highest BCUT2D eigenvalue weighted by Gasteiger charge is 2.38. The van der Waals surface area contributed by atoms with Crippen LogP contribution in [0.5, 0.6) is 0 Å². The van der Waals surface area contributed by atoms with E-state index in [1.54, 1.807) is 0 Å². The Morgan fingerprint density at radius 1 is 1.53 bits per heavy atom. The number of aliphatic hydroxyl groups excluding tert-OH is 1. The molecule has 0 saturated carbocycles. The van der Waals surface area contributed by atoms with E-state index in [0.29, 0.717) is 0 Å². The van der Waals surface area contributed by atoms with Gasteiger partial charge in [0.2, 0.25) is 5.03 Å². The number of hydrogen-bond acceptors (Lipinski definition) is 4. The molecule has 0 fully saturated rings. The number of sulfonamides is 1. The van der Waals surface area contributed by atoms with E-state index in [1.807, 2.05) is 0 Å². The Morgan fingerprint density at radius 2 is 2.11 bits per heavy atom. The van der Waals surface area contributed by atoms with E-state index in [9.17, 15) is 21.6 Å². The lowest BCUT2D eigenvalue weighted by molar-refractivity contribution is -0.136. The molecule has 6 nitrogen and oxygen atoms in total. The van der Waals surface area contributed by atoms with Crippen LogP contribution >= 0.6 is 11.6 Å². The molecule has 0 radical (unpaired) electrons. The molecule has 0 amide bonds. The first-order chi connectivity index (χ1) is 8.59. The molecule has 19 heavy (non-hydrogen) atoms. The predicted molar refractivity (Wildman–Crippen MR) is 60.1 cm³/mol. The van der Waals surface area contributed by atoms with E-state index in [2.05, 4.69) is 4.98 Å². The van der Waals surface area contributed by atoms with Gasteiger partial charge in [0, 0.05) is 13.6 Å². The summed E-state index contributed by atoms with van der Waals surface area (Å²) in [5.41, 5.74) is 0. The van der Waals surface area contributed by atoms with Gasteiger partial charge >= 0.3 is 6.18 Å². The first-order valence-corrected chi connectivity index (χ1v) is 6.76. The van der Waals surface area contributed by atoms with Gasteiger partial charge in [-0.25, -0.2) is 13.4 Å². The van der Waals surface area contributed by atoms with Crippen LogP contribution in [0.1, 0.15) is 0 Å². The molecule has 0 aliphatic rings. The van der Waals surface area contributed by atoms with E-state index in [-0.39, 0.29) is 9.46 Å². The van der Waals surface area contributed by atoms with Gasteiger partial charge in [0.05, 0.1) is 12.9 Å². The maximum Gasteiger partial charge on any atom is 0.402 e. The molecule has 11 heteroatoms. The molecule has 0 atom stereocenters. The Labute approximate surface area is 112 Å². The summed E-state index contributed by atoms with van der Waals surface area (Å²) in [5, 5.41) is 7.71. The maximum atomic E-state index is 12.3.